The van der Waals surface area contributed by atoms with Crippen LogP contribution in [0.4, 0.5) is 19.3 Å². The number of pyridine rings is 1. The highest BCUT2D eigenvalue weighted by Crippen LogP contribution is 2.51. The Kier molecular flexibility index (Phi) is 10.3. The summed E-state index contributed by atoms with van der Waals surface area (Å²) in [5.74, 6) is -3.50. The Bertz CT molecular complexity index is 1390. The van der Waals surface area contributed by atoms with E-state index in [9.17, 15) is 18.8 Å². The van der Waals surface area contributed by atoms with E-state index in [-0.39, 0.29) is 42.9 Å². The number of fused-ring (bicyclic) bond motifs is 1. The van der Waals surface area contributed by atoms with Crippen molar-refractivity contribution in [3.63, 3.8) is 0 Å². The van der Waals surface area contributed by atoms with Crippen molar-refractivity contribution in [1.29, 1.82) is 0 Å². The Labute approximate surface area is 263 Å². The second kappa shape index (κ2) is 14.2. The summed E-state index contributed by atoms with van der Waals surface area (Å²) >= 11 is 0. The van der Waals surface area contributed by atoms with Crippen LogP contribution in [0, 0.1) is 17.6 Å². The van der Waals surface area contributed by atoms with E-state index in [1.54, 1.807) is 17.2 Å². The van der Waals surface area contributed by atoms with Crippen LogP contribution in [0.1, 0.15) is 63.0 Å². The van der Waals surface area contributed by atoms with Gasteiger partial charge < -0.3 is 30.0 Å². The molecule has 4 heterocycles. The molecule has 3 aliphatic heterocycles. The normalized spacial score (nSPS) is 22.8. The number of benzene rings is 1. The van der Waals surface area contributed by atoms with Crippen LogP contribution >= 0.6 is 0 Å². The van der Waals surface area contributed by atoms with Crippen LogP contribution in [-0.2, 0) is 20.9 Å². The van der Waals surface area contributed by atoms with Crippen LogP contribution < -0.4 is 10.6 Å². The predicted molar refractivity (Wildman–Crippen MR) is 165 cm³/mol. The molecule has 1 aromatic carbocycles. The number of anilines is 1. The number of hydrogen-bond donors (Lipinski definition) is 2. The molecule has 2 N–H and O–H groups in total. The monoisotopic (exact) mass is 626 g/mol. The van der Waals surface area contributed by atoms with Gasteiger partial charge in [0.05, 0.1) is 24.7 Å². The van der Waals surface area contributed by atoms with Crippen molar-refractivity contribution in [1.82, 2.24) is 25.0 Å². The molecule has 12 heteroatoms. The lowest BCUT2D eigenvalue weighted by Crippen LogP contribution is -2.72. The van der Waals surface area contributed by atoms with Gasteiger partial charge in [0.2, 0.25) is 5.91 Å². The highest BCUT2D eigenvalue weighted by atomic mass is 19.2. The molecule has 0 bridgehead atoms. The quantitative estimate of drug-likeness (QED) is 0.270. The summed E-state index contributed by atoms with van der Waals surface area (Å²) in [7, 11) is 1.53. The number of amides is 3. The molecular weight excluding hydrogens is 582 g/mol. The predicted octanol–water partition coefficient (Wildman–Crippen LogP) is 4.13. The molecule has 3 atom stereocenters. The number of methoxy groups -OCH3 is 1. The molecule has 2 fully saturated rings. The number of Topliss-reactive ketones (excluding diaryl/α,β-unsaturated/α-hetero) is 1. The lowest BCUT2D eigenvalue weighted by Gasteiger charge is -2.60. The average Bonchev–Trinajstić information content (AvgIpc) is 3.05. The molecule has 2 unspecified atom stereocenters. The van der Waals surface area contributed by atoms with Gasteiger partial charge in [0, 0.05) is 81.9 Å². The number of nitrogens with zero attached hydrogens (tertiary/aromatic N) is 4. The van der Waals surface area contributed by atoms with Crippen LogP contribution in [0.5, 0.6) is 0 Å². The molecule has 2 aromatic rings. The standard InChI is InChI=1S/C33H44F2N6O4/c1-22(42)18-27-31(43)41(16-17-45-3)33(27,2)26(25-6-4-8-28(34)30(25)35)7-5-12-37-32(44)39-14-10-24(11-15-39)40-20-23-19-36-13-9-29(23)38-21-40/h4,6,8-9,13,19,24,26-27,38H,5,7,10-12,14-18,20-21H2,1-3H3,(H,37,44)/t26-,27?,33?/m0/s1. The molecule has 1 aromatic heterocycles. The maximum absolute atomic E-state index is 15.3. The number of β-lactam (4-membered cyclic amide) rings is 1. The molecule has 0 spiro atoms. The summed E-state index contributed by atoms with van der Waals surface area (Å²) in [4.78, 5) is 48.5. The van der Waals surface area contributed by atoms with Crippen molar-refractivity contribution in [3.05, 3.63) is 59.4 Å². The zero-order chi connectivity index (χ0) is 32.1. The van der Waals surface area contributed by atoms with E-state index in [4.69, 9.17) is 4.74 Å². The minimum absolute atomic E-state index is 0.0236. The highest BCUT2D eigenvalue weighted by molar-refractivity contribution is 5.92. The van der Waals surface area contributed by atoms with E-state index in [2.05, 4.69) is 20.5 Å². The highest BCUT2D eigenvalue weighted by Gasteiger charge is 2.60. The van der Waals surface area contributed by atoms with Gasteiger partial charge in [0.15, 0.2) is 11.6 Å². The van der Waals surface area contributed by atoms with E-state index in [0.29, 0.717) is 38.5 Å². The average molecular weight is 627 g/mol. The van der Waals surface area contributed by atoms with Crippen molar-refractivity contribution in [2.45, 2.75) is 70.0 Å². The number of halogens is 2. The summed E-state index contributed by atoms with van der Waals surface area (Å²) in [5, 5.41) is 6.46. The SMILES string of the molecule is COCCN1C(=O)C(CC(C)=O)C1(C)[C@@H](CCCNC(=O)N1CCC(N2CNc3ccncc3C2)CC1)c1cccc(F)c1F. The molecule has 10 nitrogen and oxygen atoms in total. The lowest BCUT2D eigenvalue weighted by atomic mass is 9.61. The smallest absolute Gasteiger partial charge is 0.317 e. The molecule has 0 radical (unpaired) electrons. The number of rotatable bonds is 12. The first-order valence-electron chi connectivity index (χ1n) is 15.8. The van der Waals surface area contributed by atoms with Crippen molar-refractivity contribution in [3.8, 4) is 0 Å². The summed E-state index contributed by atoms with van der Waals surface area (Å²) in [6, 6.07) is 6.30. The van der Waals surface area contributed by atoms with Gasteiger partial charge in [-0.1, -0.05) is 12.1 Å². The summed E-state index contributed by atoms with van der Waals surface area (Å²) < 4.78 is 34.9. The van der Waals surface area contributed by atoms with Gasteiger partial charge in [-0.3, -0.25) is 14.7 Å². The van der Waals surface area contributed by atoms with Crippen molar-refractivity contribution in [2.24, 2.45) is 5.92 Å². The number of nitrogens with one attached hydrogen (secondary N) is 2. The fourth-order valence-electron chi connectivity index (χ4n) is 7.39. The van der Waals surface area contributed by atoms with Crippen molar-refractivity contribution >= 4 is 23.4 Å². The third kappa shape index (κ3) is 6.81. The van der Waals surface area contributed by atoms with Gasteiger partial charge in [0.25, 0.3) is 0 Å². The third-order valence-corrected chi connectivity index (χ3v) is 9.89. The number of likely N-dealkylation sites (tertiary alicyclic amines) is 2. The molecule has 3 aliphatic rings. The summed E-state index contributed by atoms with van der Waals surface area (Å²) in [6.45, 7) is 7.06. The van der Waals surface area contributed by atoms with Gasteiger partial charge in [-0.05, 0) is 57.2 Å². The number of ether oxygens (including phenoxy) is 1. The number of carbonyl (C=O) groups excluding carboxylic acids is 3. The largest absolute Gasteiger partial charge is 0.383 e. The molecule has 0 saturated carbocycles. The van der Waals surface area contributed by atoms with Gasteiger partial charge in [0.1, 0.15) is 5.78 Å². The topological polar surface area (TPSA) is 107 Å². The summed E-state index contributed by atoms with van der Waals surface area (Å²) in [5.41, 5.74) is 1.53. The number of piperidine rings is 1. The fourth-order valence-corrected chi connectivity index (χ4v) is 7.39. The van der Waals surface area contributed by atoms with E-state index >= 15 is 4.39 Å². The van der Waals surface area contributed by atoms with E-state index in [1.807, 2.05) is 24.1 Å². The number of aromatic nitrogens is 1. The van der Waals surface area contributed by atoms with Crippen LogP contribution in [0.15, 0.2) is 36.7 Å². The van der Waals surface area contributed by atoms with Gasteiger partial charge in [-0.15, -0.1) is 0 Å². The molecular formula is C33H44F2N6O4. The zero-order valence-corrected chi connectivity index (χ0v) is 26.4. The third-order valence-electron chi connectivity index (χ3n) is 9.89. The first-order chi connectivity index (χ1) is 21.6. The maximum Gasteiger partial charge on any atom is 0.317 e. The van der Waals surface area contributed by atoms with Gasteiger partial charge in [-0.25, -0.2) is 13.6 Å². The van der Waals surface area contributed by atoms with Crippen LogP contribution in [0.2, 0.25) is 0 Å². The minimum atomic E-state index is -0.962. The van der Waals surface area contributed by atoms with Gasteiger partial charge >= 0.3 is 6.03 Å². The Morgan fingerprint density at radius 2 is 2.00 bits per heavy atom. The molecule has 2 saturated heterocycles. The van der Waals surface area contributed by atoms with Crippen molar-refractivity contribution < 1.29 is 27.9 Å². The Morgan fingerprint density at radius 3 is 2.73 bits per heavy atom. The number of ketones is 1. The Balaban J connectivity index is 1.19. The van der Waals surface area contributed by atoms with Gasteiger partial charge in [-0.2, -0.15) is 0 Å². The molecule has 5 rings (SSSR count). The van der Waals surface area contributed by atoms with Crippen LogP contribution in [0.3, 0.4) is 0 Å². The number of hydrogen-bond acceptors (Lipinski definition) is 7. The molecule has 244 valence electrons. The van der Waals surface area contributed by atoms with E-state index in [1.165, 1.54) is 25.7 Å². The number of urea groups is 1. The van der Waals surface area contributed by atoms with Crippen LogP contribution in [-0.4, -0.2) is 95.6 Å². The second-order valence-corrected chi connectivity index (χ2v) is 12.6. The first-order valence-corrected chi connectivity index (χ1v) is 15.8. The maximum atomic E-state index is 15.3. The zero-order valence-electron chi connectivity index (χ0n) is 26.4. The lowest BCUT2D eigenvalue weighted by molar-refractivity contribution is -0.176. The minimum Gasteiger partial charge on any atom is -0.383 e. The Hall–Kier alpha value is -3.64. The van der Waals surface area contributed by atoms with Crippen LogP contribution in [0.25, 0.3) is 0 Å². The van der Waals surface area contributed by atoms with E-state index < -0.39 is 29.0 Å². The second-order valence-electron chi connectivity index (χ2n) is 12.6. The van der Waals surface area contributed by atoms with Crippen molar-refractivity contribution in [2.75, 3.05) is 51.9 Å². The molecule has 0 aliphatic carbocycles. The van der Waals surface area contributed by atoms with E-state index in [0.717, 1.165) is 37.8 Å². The molecule has 3 amide bonds. The molecule has 45 heavy (non-hydrogen) atoms. The summed E-state index contributed by atoms with van der Waals surface area (Å²) in [6.07, 6.45) is 6.30. The fraction of sp³-hybridized carbons (Fsp3) is 0.576. The Morgan fingerprint density at radius 1 is 1.22 bits per heavy atom. The number of carbonyl (C=O) groups is 3. The first kappa shape index (κ1) is 32.7.